The van der Waals surface area contributed by atoms with E-state index >= 15 is 0 Å². The molecule has 1 aliphatic heterocycles. The van der Waals surface area contributed by atoms with Crippen LogP contribution in [0.3, 0.4) is 0 Å². The number of terminal acetylenes is 1. The van der Waals surface area contributed by atoms with Crippen molar-refractivity contribution in [1.29, 1.82) is 0 Å². The molecule has 37 heavy (non-hydrogen) atoms. The molecular weight excluding hydrogens is 482 g/mol. The highest BCUT2D eigenvalue weighted by atomic mass is 32.2. The third-order valence-corrected chi connectivity index (χ3v) is 7.77. The molecule has 2 fully saturated rings. The second-order valence-electron chi connectivity index (χ2n) is 9.70. The maximum Gasteiger partial charge on any atom is 0.227 e. The summed E-state index contributed by atoms with van der Waals surface area (Å²) in [5.41, 5.74) is 2.43. The number of hydrogen-bond acceptors (Lipinski definition) is 7. The zero-order valence-electron chi connectivity index (χ0n) is 21.0. The average Bonchev–Trinajstić information content (AvgIpc) is 3.48. The van der Waals surface area contributed by atoms with Gasteiger partial charge in [-0.1, -0.05) is 30.5 Å². The van der Waals surface area contributed by atoms with Crippen molar-refractivity contribution in [1.82, 2.24) is 15.3 Å². The Bertz CT molecular complexity index is 1260. The van der Waals surface area contributed by atoms with Gasteiger partial charge in [-0.25, -0.2) is 9.97 Å². The van der Waals surface area contributed by atoms with Crippen molar-refractivity contribution in [3.05, 3.63) is 42.5 Å². The number of nitrogens with zero attached hydrogens (tertiary/aromatic N) is 2. The SMILES string of the molecule is C#CCSc1nc(Nc2ccc(OCC3CCNCC3)cc2)c2cc(NC(=O)C3CCCC3)ccc2n1. The van der Waals surface area contributed by atoms with Crippen LogP contribution in [0.25, 0.3) is 10.9 Å². The van der Waals surface area contributed by atoms with Crippen LogP contribution in [-0.2, 0) is 4.79 Å². The first kappa shape index (κ1) is 25.4. The van der Waals surface area contributed by atoms with E-state index in [9.17, 15) is 4.79 Å². The van der Waals surface area contributed by atoms with Gasteiger partial charge in [0.2, 0.25) is 5.91 Å². The number of anilines is 3. The summed E-state index contributed by atoms with van der Waals surface area (Å²) in [6.45, 7) is 2.88. The molecule has 2 heterocycles. The lowest BCUT2D eigenvalue weighted by atomic mass is 9.99. The van der Waals surface area contributed by atoms with Crippen molar-refractivity contribution in [3.8, 4) is 18.1 Å². The van der Waals surface area contributed by atoms with Gasteiger partial charge in [0, 0.05) is 22.7 Å². The molecule has 2 aromatic carbocycles. The molecule has 1 amide bonds. The maximum atomic E-state index is 12.7. The van der Waals surface area contributed by atoms with Crippen molar-refractivity contribution in [2.75, 3.05) is 36.1 Å². The van der Waals surface area contributed by atoms with Gasteiger partial charge >= 0.3 is 0 Å². The molecule has 1 aromatic heterocycles. The van der Waals surface area contributed by atoms with Gasteiger partial charge in [-0.2, -0.15) is 0 Å². The Morgan fingerprint density at radius 3 is 2.57 bits per heavy atom. The molecule has 7 nitrogen and oxygen atoms in total. The van der Waals surface area contributed by atoms with E-state index in [0.717, 1.165) is 86.2 Å². The molecule has 1 aliphatic carbocycles. The maximum absolute atomic E-state index is 12.7. The number of fused-ring (bicyclic) bond motifs is 1. The van der Waals surface area contributed by atoms with Gasteiger partial charge < -0.3 is 20.7 Å². The van der Waals surface area contributed by atoms with E-state index in [4.69, 9.17) is 16.1 Å². The van der Waals surface area contributed by atoms with Gasteiger partial charge in [0.15, 0.2) is 5.16 Å². The number of rotatable bonds is 9. The highest BCUT2D eigenvalue weighted by Gasteiger charge is 2.23. The molecule has 0 radical (unpaired) electrons. The lowest BCUT2D eigenvalue weighted by Crippen LogP contribution is -2.30. The summed E-state index contributed by atoms with van der Waals surface area (Å²) in [6, 6.07) is 13.7. The molecule has 0 atom stereocenters. The van der Waals surface area contributed by atoms with Crippen LogP contribution in [0.2, 0.25) is 0 Å². The fraction of sp³-hybridized carbons (Fsp3) is 0.414. The van der Waals surface area contributed by atoms with Crippen LogP contribution in [0.15, 0.2) is 47.6 Å². The van der Waals surface area contributed by atoms with Crippen LogP contribution in [0.1, 0.15) is 38.5 Å². The van der Waals surface area contributed by atoms with Crippen LogP contribution < -0.4 is 20.7 Å². The molecule has 1 saturated carbocycles. The van der Waals surface area contributed by atoms with Crippen molar-refractivity contribution in [3.63, 3.8) is 0 Å². The van der Waals surface area contributed by atoms with E-state index in [-0.39, 0.29) is 11.8 Å². The van der Waals surface area contributed by atoms with Crippen molar-refractivity contribution < 1.29 is 9.53 Å². The minimum absolute atomic E-state index is 0.0913. The number of carbonyl (C=O) groups excluding carboxylic acids is 1. The molecule has 3 aromatic rings. The molecule has 0 bridgehead atoms. The van der Waals surface area contributed by atoms with Crippen LogP contribution in [0.5, 0.6) is 5.75 Å². The molecular formula is C29H33N5O2S. The third kappa shape index (κ3) is 6.73. The summed E-state index contributed by atoms with van der Waals surface area (Å²) in [5, 5.41) is 11.4. The molecule has 8 heteroatoms. The Morgan fingerprint density at radius 1 is 1.05 bits per heavy atom. The Balaban J connectivity index is 1.34. The second kappa shape index (κ2) is 12.3. The lowest BCUT2D eigenvalue weighted by molar-refractivity contribution is -0.119. The van der Waals surface area contributed by atoms with Gasteiger partial charge in [0.25, 0.3) is 0 Å². The van der Waals surface area contributed by atoms with Gasteiger partial charge in [-0.05, 0) is 87.2 Å². The number of hydrogen-bond donors (Lipinski definition) is 3. The minimum atomic E-state index is 0.0913. The predicted octanol–water partition coefficient (Wildman–Crippen LogP) is 5.61. The van der Waals surface area contributed by atoms with Crippen LogP contribution >= 0.6 is 11.8 Å². The van der Waals surface area contributed by atoms with Gasteiger partial charge in [-0.15, -0.1) is 6.42 Å². The van der Waals surface area contributed by atoms with Crippen LogP contribution in [0, 0.1) is 24.2 Å². The van der Waals surface area contributed by atoms with E-state index in [2.05, 4.69) is 26.9 Å². The summed E-state index contributed by atoms with van der Waals surface area (Å²) in [6.07, 6.45) is 11.9. The molecule has 2 aliphatic rings. The molecule has 1 saturated heterocycles. The number of piperidine rings is 1. The van der Waals surface area contributed by atoms with Crippen LogP contribution in [0.4, 0.5) is 17.2 Å². The number of ether oxygens (including phenoxy) is 1. The first-order chi connectivity index (χ1) is 18.2. The molecule has 0 unspecified atom stereocenters. The summed E-state index contributed by atoms with van der Waals surface area (Å²) < 4.78 is 6.04. The van der Waals surface area contributed by atoms with Crippen molar-refractivity contribution in [2.24, 2.45) is 11.8 Å². The van der Waals surface area contributed by atoms with Crippen LogP contribution in [-0.4, -0.2) is 41.3 Å². The van der Waals surface area contributed by atoms with Gasteiger partial charge in [0.05, 0.1) is 17.9 Å². The van der Waals surface area contributed by atoms with E-state index < -0.39 is 0 Å². The molecule has 3 N–H and O–H groups in total. The topological polar surface area (TPSA) is 88.2 Å². The predicted molar refractivity (Wildman–Crippen MR) is 150 cm³/mol. The largest absolute Gasteiger partial charge is 0.493 e. The monoisotopic (exact) mass is 515 g/mol. The third-order valence-electron chi connectivity index (χ3n) is 7.01. The lowest BCUT2D eigenvalue weighted by Gasteiger charge is -2.22. The average molecular weight is 516 g/mol. The first-order valence-electron chi connectivity index (χ1n) is 13.1. The quantitative estimate of drug-likeness (QED) is 0.194. The van der Waals surface area contributed by atoms with E-state index in [0.29, 0.717) is 22.6 Å². The Labute approximate surface area is 222 Å². The number of nitrogens with one attached hydrogen (secondary N) is 3. The minimum Gasteiger partial charge on any atom is -0.493 e. The number of aromatic nitrogens is 2. The normalized spacial score (nSPS) is 16.4. The van der Waals surface area contributed by atoms with E-state index in [1.54, 1.807) is 0 Å². The van der Waals surface area contributed by atoms with Crippen molar-refractivity contribution in [2.45, 2.75) is 43.7 Å². The molecule has 0 spiro atoms. The smallest absolute Gasteiger partial charge is 0.227 e. The number of amides is 1. The standard InChI is InChI=1S/C29H33N5O2S/c1-2-17-37-29-33-26-12-9-23(32-28(35)21-5-3-4-6-21)18-25(26)27(34-29)31-22-7-10-24(11-8-22)36-19-20-13-15-30-16-14-20/h1,7-12,18,20-21,30H,3-6,13-17,19H2,(H,32,35)(H,31,33,34). The fourth-order valence-electron chi connectivity index (χ4n) is 4.92. The van der Waals surface area contributed by atoms with E-state index in [1.165, 1.54) is 11.8 Å². The fourth-order valence-corrected chi connectivity index (χ4v) is 5.45. The zero-order valence-corrected chi connectivity index (χ0v) is 21.8. The summed E-state index contributed by atoms with van der Waals surface area (Å²) in [5.74, 6) is 5.45. The Morgan fingerprint density at radius 2 is 1.81 bits per heavy atom. The second-order valence-corrected chi connectivity index (χ2v) is 10.6. The highest BCUT2D eigenvalue weighted by Crippen LogP contribution is 2.31. The summed E-state index contributed by atoms with van der Waals surface area (Å²) in [4.78, 5) is 22.1. The number of carbonyl (C=O) groups is 1. The van der Waals surface area contributed by atoms with E-state index in [1.807, 2.05) is 42.5 Å². The number of benzene rings is 2. The Kier molecular flexibility index (Phi) is 8.44. The Hall–Kier alpha value is -3.28. The summed E-state index contributed by atoms with van der Waals surface area (Å²) >= 11 is 1.42. The first-order valence-corrected chi connectivity index (χ1v) is 14.1. The molecule has 5 rings (SSSR count). The highest BCUT2D eigenvalue weighted by molar-refractivity contribution is 7.99. The summed E-state index contributed by atoms with van der Waals surface area (Å²) in [7, 11) is 0. The van der Waals surface area contributed by atoms with Crippen molar-refractivity contribution >= 4 is 45.8 Å². The van der Waals surface area contributed by atoms with Gasteiger partial charge in [0.1, 0.15) is 11.6 Å². The van der Waals surface area contributed by atoms with Gasteiger partial charge in [-0.3, -0.25) is 4.79 Å². The molecule has 192 valence electrons. The zero-order chi connectivity index (χ0) is 25.5. The number of thioether (sulfide) groups is 1.